The molecule has 1 N–H and O–H groups in total. The molecular formula is C20H18N2O2S. The fraction of sp³-hybridized carbons (Fsp3) is 0.100. The topological polar surface area (TPSA) is 51.2 Å². The molecule has 0 saturated heterocycles. The van der Waals surface area contributed by atoms with Crippen molar-refractivity contribution >= 4 is 23.4 Å². The highest BCUT2D eigenvalue weighted by Crippen LogP contribution is 2.23. The molecule has 1 aromatic heterocycles. The van der Waals surface area contributed by atoms with Crippen LogP contribution in [0.2, 0.25) is 0 Å². The Kier molecular flexibility index (Phi) is 5.69. The van der Waals surface area contributed by atoms with Crippen LogP contribution in [-0.2, 0) is 5.75 Å². The summed E-state index contributed by atoms with van der Waals surface area (Å²) in [6.45, 7) is 0. The highest BCUT2D eigenvalue weighted by atomic mass is 32.2. The molecule has 1 amide bonds. The molecule has 0 aliphatic carbocycles. The van der Waals surface area contributed by atoms with Crippen LogP contribution >= 0.6 is 11.8 Å². The normalized spacial score (nSPS) is 10.3. The number of ether oxygens (including phenoxy) is 1. The number of thioether (sulfide) groups is 1. The summed E-state index contributed by atoms with van der Waals surface area (Å²) in [6.07, 6.45) is 3.63. The minimum atomic E-state index is -0.131. The fourth-order valence-electron chi connectivity index (χ4n) is 2.23. The zero-order chi connectivity index (χ0) is 17.5. The second-order valence-corrected chi connectivity index (χ2v) is 6.41. The van der Waals surface area contributed by atoms with E-state index in [1.54, 1.807) is 25.1 Å². The lowest BCUT2D eigenvalue weighted by atomic mass is 10.2. The predicted molar refractivity (Wildman–Crippen MR) is 101 cm³/mol. The predicted octanol–water partition coefficient (Wildman–Crippen LogP) is 4.63. The average Bonchev–Trinajstić information content (AvgIpc) is 2.68. The fourth-order valence-corrected chi connectivity index (χ4v) is 3.06. The first-order chi connectivity index (χ1) is 12.2. The third-order valence-corrected chi connectivity index (χ3v) is 4.68. The van der Waals surface area contributed by atoms with E-state index in [0.717, 1.165) is 22.1 Å². The van der Waals surface area contributed by atoms with Crippen LogP contribution in [0.25, 0.3) is 0 Å². The third-order valence-electron chi connectivity index (χ3n) is 3.59. The number of nitrogens with zero attached hydrogens (tertiary/aromatic N) is 1. The van der Waals surface area contributed by atoms with E-state index in [2.05, 4.69) is 16.4 Å². The molecule has 25 heavy (non-hydrogen) atoms. The highest BCUT2D eigenvalue weighted by molar-refractivity contribution is 7.98. The van der Waals surface area contributed by atoms with Crippen LogP contribution in [0, 0.1) is 0 Å². The molecule has 0 aliphatic rings. The number of hydrogen-bond acceptors (Lipinski definition) is 4. The van der Waals surface area contributed by atoms with Gasteiger partial charge in [0.25, 0.3) is 5.91 Å². The zero-order valence-electron chi connectivity index (χ0n) is 13.8. The molecule has 0 atom stereocenters. The molecule has 0 aliphatic heterocycles. The van der Waals surface area contributed by atoms with Gasteiger partial charge in [0.1, 0.15) is 5.75 Å². The first-order valence-electron chi connectivity index (χ1n) is 7.82. The van der Waals surface area contributed by atoms with Crippen molar-refractivity contribution in [2.24, 2.45) is 0 Å². The summed E-state index contributed by atoms with van der Waals surface area (Å²) in [6, 6.07) is 18.8. The van der Waals surface area contributed by atoms with Crippen LogP contribution in [0.4, 0.5) is 5.69 Å². The van der Waals surface area contributed by atoms with Gasteiger partial charge in [-0.3, -0.25) is 9.78 Å². The number of anilines is 1. The Balaban J connectivity index is 1.58. The highest BCUT2D eigenvalue weighted by Gasteiger charge is 2.06. The lowest BCUT2D eigenvalue weighted by molar-refractivity contribution is 0.102. The maximum Gasteiger partial charge on any atom is 0.255 e. The second-order valence-electron chi connectivity index (χ2n) is 5.36. The van der Waals surface area contributed by atoms with Crippen LogP contribution in [-0.4, -0.2) is 18.0 Å². The van der Waals surface area contributed by atoms with Gasteiger partial charge in [0.2, 0.25) is 0 Å². The molecule has 126 valence electrons. The smallest absolute Gasteiger partial charge is 0.255 e. The van der Waals surface area contributed by atoms with Crippen LogP contribution in [0.1, 0.15) is 15.9 Å². The molecule has 0 saturated carbocycles. The van der Waals surface area contributed by atoms with Crippen LogP contribution in [0.15, 0.2) is 78.0 Å². The lowest BCUT2D eigenvalue weighted by Gasteiger charge is -2.07. The van der Waals surface area contributed by atoms with Gasteiger partial charge in [-0.2, -0.15) is 0 Å². The zero-order valence-corrected chi connectivity index (χ0v) is 14.6. The largest absolute Gasteiger partial charge is 0.497 e. The van der Waals surface area contributed by atoms with E-state index in [4.69, 9.17) is 4.74 Å². The van der Waals surface area contributed by atoms with Crippen LogP contribution in [0.3, 0.4) is 0 Å². The van der Waals surface area contributed by atoms with E-state index in [1.165, 1.54) is 5.56 Å². The summed E-state index contributed by atoms with van der Waals surface area (Å²) in [5.74, 6) is 1.48. The number of amides is 1. The Hall–Kier alpha value is -2.79. The molecule has 4 nitrogen and oxygen atoms in total. The van der Waals surface area contributed by atoms with Gasteiger partial charge in [0, 0.05) is 34.3 Å². The average molecular weight is 350 g/mol. The first-order valence-corrected chi connectivity index (χ1v) is 8.80. The van der Waals surface area contributed by atoms with Gasteiger partial charge in [0.05, 0.1) is 7.11 Å². The number of carbonyl (C=O) groups excluding carboxylic acids is 1. The molecular weight excluding hydrogens is 332 g/mol. The standard InChI is InChI=1S/C20H18N2O2S/c1-24-18-8-6-17(7-9-18)22-20(23)16-4-10-19(11-5-16)25-14-15-3-2-12-21-13-15/h2-13H,14H2,1H3,(H,22,23). The minimum absolute atomic E-state index is 0.131. The number of pyridine rings is 1. The number of benzene rings is 2. The Morgan fingerprint density at radius 2 is 1.84 bits per heavy atom. The van der Waals surface area contributed by atoms with E-state index in [0.29, 0.717) is 5.56 Å². The summed E-state index contributed by atoms with van der Waals surface area (Å²) < 4.78 is 5.11. The van der Waals surface area contributed by atoms with Crippen LogP contribution in [0.5, 0.6) is 5.75 Å². The molecule has 5 heteroatoms. The Morgan fingerprint density at radius 1 is 1.08 bits per heavy atom. The summed E-state index contributed by atoms with van der Waals surface area (Å²) in [5.41, 5.74) is 2.54. The molecule has 3 rings (SSSR count). The third kappa shape index (κ3) is 4.84. The maximum absolute atomic E-state index is 12.3. The SMILES string of the molecule is COc1ccc(NC(=O)c2ccc(SCc3cccnc3)cc2)cc1. The molecule has 0 radical (unpaired) electrons. The molecule has 3 aromatic rings. The minimum Gasteiger partial charge on any atom is -0.497 e. The van der Waals surface area contributed by atoms with E-state index >= 15 is 0 Å². The molecule has 0 bridgehead atoms. The lowest BCUT2D eigenvalue weighted by Crippen LogP contribution is -2.11. The van der Waals surface area contributed by atoms with Crippen LogP contribution < -0.4 is 10.1 Å². The van der Waals surface area contributed by atoms with Crippen molar-refractivity contribution in [3.05, 3.63) is 84.2 Å². The number of carbonyl (C=O) groups is 1. The summed E-state index contributed by atoms with van der Waals surface area (Å²) >= 11 is 1.72. The van der Waals surface area contributed by atoms with Gasteiger partial charge in [-0.25, -0.2) is 0 Å². The number of aromatic nitrogens is 1. The van der Waals surface area contributed by atoms with Crippen molar-refractivity contribution in [1.29, 1.82) is 0 Å². The van der Waals surface area contributed by atoms with Crippen molar-refractivity contribution in [2.45, 2.75) is 10.6 Å². The summed E-state index contributed by atoms with van der Waals surface area (Å²) in [4.78, 5) is 17.5. The molecule has 1 heterocycles. The monoisotopic (exact) mass is 350 g/mol. The van der Waals surface area contributed by atoms with Crippen molar-refractivity contribution < 1.29 is 9.53 Å². The Bertz CT molecular complexity index is 819. The Morgan fingerprint density at radius 3 is 2.48 bits per heavy atom. The van der Waals surface area contributed by atoms with Crippen molar-refractivity contribution in [2.75, 3.05) is 12.4 Å². The molecule has 0 spiro atoms. The number of hydrogen-bond donors (Lipinski definition) is 1. The quantitative estimate of drug-likeness (QED) is 0.658. The molecule has 2 aromatic carbocycles. The van der Waals surface area contributed by atoms with Crippen molar-refractivity contribution in [1.82, 2.24) is 4.98 Å². The van der Waals surface area contributed by atoms with Crippen molar-refractivity contribution in [3.8, 4) is 5.75 Å². The van der Waals surface area contributed by atoms with Gasteiger partial charge in [-0.1, -0.05) is 6.07 Å². The van der Waals surface area contributed by atoms with Gasteiger partial charge < -0.3 is 10.1 Å². The maximum atomic E-state index is 12.3. The number of methoxy groups -OCH3 is 1. The van der Waals surface area contributed by atoms with Gasteiger partial charge in [-0.05, 0) is 60.2 Å². The van der Waals surface area contributed by atoms with E-state index in [1.807, 2.05) is 60.8 Å². The van der Waals surface area contributed by atoms with Gasteiger partial charge >= 0.3 is 0 Å². The summed E-state index contributed by atoms with van der Waals surface area (Å²) in [7, 11) is 1.61. The van der Waals surface area contributed by atoms with E-state index in [9.17, 15) is 4.79 Å². The van der Waals surface area contributed by atoms with Crippen molar-refractivity contribution in [3.63, 3.8) is 0 Å². The van der Waals surface area contributed by atoms with Gasteiger partial charge in [0.15, 0.2) is 0 Å². The van der Waals surface area contributed by atoms with Gasteiger partial charge in [-0.15, -0.1) is 11.8 Å². The number of nitrogens with one attached hydrogen (secondary N) is 1. The van der Waals surface area contributed by atoms with E-state index in [-0.39, 0.29) is 5.91 Å². The first kappa shape index (κ1) is 17.0. The van der Waals surface area contributed by atoms with E-state index < -0.39 is 0 Å². The Labute approximate surface area is 151 Å². The molecule has 0 unspecified atom stereocenters. The second kappa shape index (κ2) is 8.35. The summed E-state index contributed by atoms with van der Waals surface area (Å²) in [5, 5.41) is 2.88. The molecule has 0 fully saturated rings. The number of rotatable bonds is 6.